The van der Waals surface area contributed by atoms with Crippen LogP contribution in [0.2, 0.25) is 15.1 Å². The minimum Gasteiger partial charge on any atom is -0.457 e. The Kier molecular flexibility index (Phi) is 6.97. The molecule has 1 fully saturated rings. The molecule has 30 heavy (non-hydrogen) atoms. The number of ether oxygens (including phenoxy) is 1. The van der Waals surface area contributed by atoms with Crippen molar-refractivity contribution in [1.82, 2.24) is 10.4 Å². The Morgan fingerprint density at radius 1 is 1.03 bits per heavy atom. The Hall–Kier alpha value is -2.61. The molecule has 0 bridgehead atoms. The van der Waals surface area contributed by atoms with Crippen LogP contribution in [-0.2, 0) is 14.3 Å². The number of nitrogens with zero attached hydrogens (tertiary/aromatic N) is 1. The molecule has 2 aromatic carbocycles. The second kappa shape index (κ2) is 9.47. The molecule has 3 rings (SSSR count). The van der Waals surface area contributed by atoms with Crippen LogP contribution in [0, 0.1) is 5.92 Å². The highest BCUT2D eigenvalue weighted by molar-refractivity contribution is 6.36. The number of hydrogen-bond acceptors (Lipinski definition) is 5. The second-order valence-electron chi connectivity index (χ2n) is 6.51. The summed E-state index contributed by atoms with van der Waals surface area (Å²) in [6.45, 7) is -0.588. The number of hydrazine groups is 1. The van der Waals surface area contributed by atoms with Gasteiger partial charge in [0.05, 0.1) is 17.5 Å². The fourth-order valence-electron chi connectivity index (χ4n) is 2.81. The smallest absolute Gasteiger partial charge is 0.311 e. The fraction of sp³-hybridized carbons (Fsp3) is 0.200. The number of esters is 1. The van der Waals surface area contributed by atoms with Gasteiger partial charge in [-0.25, -0.2) is 0 Å². The van der Waals surface area contributed by atoms with Crippen molar-refractivity contribution in [2.45, 2.75) is 6.42 Å². The quantitative estimate of drug-likeness (QED) is 0.516. The summed E-state index contributed by atoms with van der Waals surface area (Å²) < 4.78 is 5.04. The van der Waals surface area contributed by atoms with Crippen molar-refractivity contribution in [2.24, 2.45) is 5.92 Å². The lowest BCUT2D eigenvalue weighted by Crippen LogP contribution is -2.43. The topological polar surface area (TPSA) is 92.8 Å². The molecule has 0 saturated carbocycles. The Bertz CT molecular complexity index is 1010. The number of rotatable bonds is 6. The zero-order valence-corrected chi connectivity index (χ0v) is 17.6. The highest BCUT2D eigenvalue weighted by Gasteiger charge is 2.36. The van der Waals surface area contributed by atoms with Crippen molar-refractivity contribution in [3.8, 4) is 0 Å². The first kappa shape index (κ1) is 22.1. The van der Waals surface area contributed by atoms with Crippen molar-refractivity contribution in [2.75, 3.05) is 13.2 Å². The van der Waals surface area contributed by atoms with E-state index < -0.39 is 36.1 Å². The average molecular weight is 470 g/mol. The number of benzene rings is 2. The van der Waals surface area contributed by atoms with Crippen LogP contribution >= 0.6 is 34.8 Å². The maximum Gasteiger partial charge on any atom is 0.311 e. The van der Waals surface area contributed by atoms with Crippen LogP contribution in [0.5, 0.6) is 0 Å². The minimum absolute atomic E-state index is 0.0626. The molecule has 156 valence electrons. The van der Waals surface area contributed by atoms with Crippen LogP contribution in [0.3, 0.4) is 0 Å². The van der Waals surface area contributed by atoms with E-state index in [0.29, 0.717) is 15.6 Å². The molecule has 0 aliphatic carbocycles. The summed E-state index contributed by atoms with van der Waals surface area (Å²) in [6, 6.07) is 10.5. The third kappa shape index (κ3) is 5.30. The number of halogens is 3. The van der Waals surface area contributed by atoms with Crippen LogP contribution < -0.4 is 5.43 Å². The number of Topliss-reactive ketones (excluding diaryl/α,β-unsaturated/α-hetero) is 1. The van der Waals surface area contributed by atoms with Gasteiger partial charge in [0.1, 0.15) is 0 Å². The molecule has 10 heteroatoms. The molecule has 7 nitrogen and oxygen atoms in total. The predicted octanol–water partition coefficient (Wildman–Crippen LogP) is 3.57. The summed E-state index contributed by atoms with van der Waals surface area (Å²) >= 11 is 17.5. The number of nitrogens with one attached hydrogen (secondary N) is 1. The van der Waals surface area contributed by atoms with E-state index in [0.717, 1.165) is 5.01 Å². The van der Waals surface area contributed by atoms with Gasteiger partial charge in [-0.2, -0.15) is 0 Å². The lowest BCUT2D eigenvalue weighted by atomic mass is 10.1. The van der Waals surface area contributed by atoms with Crippen molar-refractivity contribution in [3.05, 3.63) is 68.7 Å². The summed E-state index contributed by atoms with van der Waals surface area (Å²) in [6.07, 6.45) is -0.143. The van der Waals surface area contributed by atoms with Crippen molar-refractivity contribution >= 4 is 58.4 Å². The molecular weight excluding hydrogens is 455 g/mol. The zero-order chi connectivity index (χ0) is 21.8. The Morgan fingerprint density at radius 3 is 2.37 bits per heavy atom. The molecule has 0 radical (unpaired) electrons. The molecule has 1 aliphatic rings. The summed E-state index contributed by atoms with van der Waals surface area (Å²) in [4.78, 5) is 48.8. The number of amides is 2. The van der Waals surface area contributed by atoms with Gasteiger partial charge >= 0.3 is 5.97 Å². The summed E-state index contributed by atoms with van der Waals surface area (Å²) in [5.74, 6) is -2.98. The minimum atomic E-state index is -0.809. The van der Waals surface area contributed by atoms with Gasteiger partial charge in [-0.15, -0.1) is 0 Å². The third-order valence-corrected chi connectivity index (χ3v) is 5.18. The van der Waals surface area contributed by atoms with Gasteiger partial charge in [0.25, 0.3) is 5.91 Å². The maximum atomic E-state index is 12.3. The molecule has 1 unspecified atom stereocenters. The maximum absolute atomic E-state index is 12.3. The predicted molar refractivity (Wildman–Crippen MR) is 110 cm³/mol. The SMILES string of the molecule is O=C(NN1CC(C(=O)OCC(=O)c2ccc(Cl)cc2Cl)CC1=O)c1ccc(Cl)cc1. The summed E-state index contributed by atoms with van der Waals surface area (Å²) in [7, 11) is 0. The summed E-state index contributed by atoms with van der Waals surface area (Å²) in [5.41, 5.74) is 2.93. The molecule has 1 heterocycles. The first-order valence-corrected chi connectivity index (χ1v) is 9.90. The molecule has 2 aromatic rings. The largest absolute Gasteiger partial charge is 0.457 e. The Morgan fingerprint density at radius 2 is 1.70 bits per heavy atom. The van der Waals surface area contributed by atoms with Crippen LogP contribution in [0.25, 0.3) is 0 Å². The van der Waals surface area contributed by atoms with E-state index in [-0.39, 0.29) is 23.6 Å². The van der Waals surface area contributed by atoms with Gasteiger partial charge in [0, 0.05) is 27.6 Å². The standard InChI is InChI=1S/C20H15Cl3N2O5/c21-13-3-1-11(2-4-13)19(28)24-25-9-12(7-18(25)27)20(29)30-10-17(26)15-6-5-14(22)8-16(15)23/h1-6,8,12H,7,9-10H2,(H,24,28). The van der Waals surface area contributed by atoms with Crippen molar-refractivity contribution in [1.29, 1.82) is 0 Å². The van der Waals surface area contributed by atoms with Gasteiger partial charge in [-0.3, -0.25) is 29.6 Å². The highest BCUT2D eigenvalue weighted by atomic mass is 35.5. The molecule has 1 atom stereocenters. The van der Waals surface area contributed by atoms with E-state index >= 15 is 0 Å². The number of hydrogen-bond donors (Lipinski definition) is 1. The van der Waals surface area contributed by atoms with E-state index in [1.165, 1.54) is 30.3 Å². The van der Waals surface area contributed by atoms with Gasteiger partial charge in [-0.05, 0) is 42.5 Å². The lowest BCUT2D eigenvalue weighted by molar-refractivity contribution is -0.147. The molecule has 1 aliphatic heterocycles. The zero-order valence-electron chi connectivity index (χ0n) is 15.4. The van der Waals surface area contributed by atoms with Crippen LogP contribution in [0.4, 0.5) is 0 Å². The van der Waals surface area contributed by atoms with Gasteiger partial charge in [-0.1, -0.05) is 34.8 Å². The van der Waals surface area contributed by atoms with Crippen molar-refractivity contribution in [3.63, 3.8) is 0 Å². The summed E-state index contributed by atoms with van der Waals surface area (Å²) in [5, 5.41) is 2.05. The van der Waals surface area contributed by atoms with Crippen molar-refractivity contribution < 1.29 is 23.9 Å². The Balaban J connectivity index is 1.53. The molecule has 1 saturated heterocycles. The van der Waals surface area contributed by atoms with Crippen LogP contribution in [-0.4, -0.2) is 41.7 Å². The van der Waals surface area contributed by atoms with E-state index in [4.69, 9.17) is 39.5 Å². The number of carbonyl (C=O) groups excluding carboxylic acids is 4. The molecule has 2 amide bonds. The van der Waals surface area contributed by atoms with Gasteiger partial charge < -0.3 is 4.74 Å². The van der Waals surface area contributed by atoms with Crippen LogP contribution in [0.15, 0.2) is 42.5 Å². The normalized spacial score (nSPS) is 15.8. The second-order valence-corrected chi connectivity index (χ2v) is 7.79. The highest BCUT2D eigenvalue weighted by Crippen LogP contribution is 2.22. The van der Waals surface area contributed by atoms with E-state index in [2.05, 4.69) is 5.43 Å². The van der Waals surface area contributed by atoms with E-state index in [9.17, 15) is 19.2 Å². The van der Waals surface area contributed by atoms with E-state index in [1.54, 1.807) is 12.1 Å². The fourth-order valence-corrected chi connectivity index (χ4v) is 3.45. The molecule has 1 N–H and O–H groups in total. The Labute approximate surface area is 186 Å². The number of carbonyl (C=O) groups is 4. The number of ketones is 1. The molecule has 0 spiro atoms. The van der Waals surface area contributed by atoms with Gasteiger partial charge in [0.15, 0.2) is 6.61 Å². The van der Waals surface area contributed by atoms with Crippen LogP contribution in [0.1, 0.15) is 27.1 Å². The lowest BCUT2D eigenvalue weighted by Gasteiger charge is -2.17. The monoisotopic (exact) mass is 468 g/mol. The third-order valence-electron chi connectivity index (χ3n) is 4.38. The van der Waals surface area contributed by atoms with Gasteiger partial charge in [0.2, 0.25) is 11.7 Å². The van der Waals surface area contributed by atoms with E-state index in [1.807, 2.05) is 0 Å². The first-order chi connectivity index (χ1) is 14.2. The molecule has 0 aromatic heterocycles. The average Bonchev–Trinajstić information content (AvgIpc) is 3.06. The molecular formula is C20H15Cl3N2O5. The first-order valence-electron chi connectivity index (χ1n) is 8.76.